The lowest BCUT2D eigenvalue weighted by Gasteiger charge is -2.12. The van der Waals surface area contributed by atoms with Crippen LogP contribution in [0.1, 0.15) is 13.3 Å². The van der Waals surface area contributed by atoms with Gasteiger partial charge in [-0.25, -0.2) is 9.78 Å². The van der Waals surface area contributed by atoms with Crippen LogP contribution in [0.3, 0.4) is 0 Å². The minimum absolute atomic E-state index is 0.321. The number of nitrogens with one attached hydrogen (secondary N) is 2. The minimum Gasteiger partial charge on any atom is -0.337 e. The zero-order valence-electron chi connectivity index (χ0n) is 19.3. The van der Waals surface area contributed by atoms with Crippen LogP contribution in [0.4, 0.5) is 10.5 Å². The van der Waals surface area contributed by atoms with Crippen molar-refractivity contribution in [3.63, 3.8) is 0 Å². The van der Waals surface area contributed by atoms with Gasteiger partial charge in [0.2, 0.25) is 0 Å². The van der Waals surface area contributed by atoms with Gasteiger partial charge >= 0.3 is 6.03 Å². The first kappa shape index (κ1) is 25.2. The maximum Gasteiger partial charge on any atom is 0.319 e. The number of nitrogens with zero attached hydrogens (tertiary/aromatic N) is 2. The van der Waals surface area contributed by atoms with Crippen molar-refractivity contribution in [1.82, 2.24) is 14.9 Å². The molecule has 1 aromatic heterocycles. The van der Waals surface area contributed by atoms with Crippen molar-refractivity contribution >= 4 is 46.7 Å². The molecule has 0 saturated carbocycles. The van der Waals surface area contributed by atoms with Crippen LogP contribution in [0.2, 0.25) is 10.0 Å². The predicted octanol–water partition coefficient (Wildman–Crippen LogP) is 7.85. The zero-order valence-corrected chi connectivity index (χ0v) is 21.6. The van der Waals surface area contributed by atoms with Gasteiger partial charge in [0.05, 0.1) is 27.1 Å². The number of amides is 2. The number of hydrogen-bond acceptors (Lipinski definition) is 3. The van der Waals surface area contributed by atoms with E-state index in [0.717, 1.165) is 40.6 Å². The number of carbonyl (C=O) groups excluding carboxylic acids is 1. The van der Waals surface area contributed by atoms with E-state index in [-0.39, 0.29) is 6.03 Å². The van der Waals surface area contributed by atoms with Crippen LogP contribution < -0.4 is 10.6 Å². The lowest BCUT2D eigenvalue weighted by atomic mass is 10.0. The Bertz CT molecular complexity index is 1280. The molecule has 0 bridgehead atoms. The lowest BCUT2D eigenvalue weighted by Crippen LogP contribution is -2.30. The first-order valence-electron chi connectivity index (χ1n) is 11.4. The Hall–Kier alpha value is -2.93. The summed E-state index contributed by atoms with van der Waals surface area (Å²) in [4.78, 5) is 17.4. The molecule has 1 heterocycles. The van der Waals surface area contributed by atoms with E-state index in [4.69, 9.17) is 28.2 Å². The van der Waals surface area contributed by atoms with E-state index in [9.17, 15) is 4.79 Å². The van der Waals surface area contributed by atoms with E-state index in [0.29, 0.717) is 28.0 Å². The topological polar surface area (TPSA) is 59.0 Å². The van der Waals surface area contributed by atoms with E-state index in [1.165, 1.54) is 0 Å². The molecular formula is C27H26Cl2N4OS. The highest BCUT2D eigenvalue weighted by Gasteiger charge is 2.20. The standard InChI is InChI=1S/C27H26Cl2N4OS/c1-2-17-33-25(20-12-7-4-8-13-20)24(19-10-5-3-6-11-19)32-27(33)35-18-16-30-26(34)31-22-15-9-14-21(28)23(22)29/h3-15H,2,16-18H2,1H3,(H2,30,31,34). The molecule has 0 atom stereocenters. The molecule has 5 nitrogen and oxygen atoms in total. The third-order valence-corrected chi connectivity index (χ3v) is 7.09. The van der Waals surface area contributed by atoms with Crippen LogP contribution in [0.5, 0.6) is 0 Å². The van der Waals surface area contributed by atoms with Crippen LogP contribution in [-0.2, 0) is 6.54 Å². The van der Waals surface area contributed by atoms with Crippen molar-refractivity contribution in [2.75, 3.05) is 17.6 Å². The van der Waals surface area contributed by atoms with E-state index in [1.807, 2.05) is 24.3 Å². The number of aromatic nitrogens is 2. The second-order valence-corrected chi connectivity index (χ2v) is 9.65. The number of thioether (sulfide) groups is 1. The first-order valence-corrected chi connectivity index (χ1v) is 13.2. The van der Waals surface area contributed by atoms with Gasteiger partial charge in [0, 0.05) is 30.0 Å². The van der Waals surface area contributed by atoms with Gasteiger partial charge in [0.15, 0.2) is 5.16 Å². The largest absolute Gasteiger partial charge is 0.337 e. The van der Waals surface area contributed by atoms with Gasteiger partial charge in [-0.2, -0.15) is 0 Å². The Balaban J connectivity index is 1.50. The van der Waals surface area contributed by atoms with Gasteiger partial charge in [-0.3, -0.25) is 0 Å². The Morgan fingerprint density at radius 2 is 1.63 bits per heavy atom. The van der Waals surface area contributed by atoms with Gasteiger partial charge in [0.1, 0.15) is 0 Å². The van der Waals surface area contributed by atoms with Crippen molar-refractivity contribution in [2.45, 2.75) is 25.0 Å². The molecular weight excluding hydrogens is 499 g/mol. The monoisotopic (exact) mass is 524 g/mol. The fourth-order valence-corrected chi connectivity index (χ4v) is 4.96. The molecule has 2 amide bonds. The van der Waals surface area contributed by atoms with Crippen molar-refractivity contribution in [1.29, 1.82) is 0 Å². The Labute approximate surface area is 219 Å². The second kappa shape index (κ2) is 12.2. The summed E-state index contributed by atoms with van der Waals surface area (Å²) in [7, 11) is 0. The second-order valence-electron chi connectivity index (χ2n) is 7.81. The third kappa shape index (κ3) is 6.20. The van der Waals surface area contributed by atoms with Crippen LogP contribution >= 0.6 is 35.0 Å². The normalized spacial score (nSPS) is 10.8. The highest BCUT2D eigenvalue weighted by molar-refractivity contribution is 7.99. The van der Waals surface area contributed by atoms with Gasteiger partial charge in [0.25, 0.3) is 0 Å². The molecule has 4 rings (SSSR count). The lowest BCUT2D eigenvalue weighted by molar-refractivity contribution is 0.252. The molecule has 0 spiro atoms. The fraction of sp³-hybridized carbons (Fsp3) is 0.185. The van der Waals surface area contributed by atoms with Crippen molar-refractivity contribution in [3.8, 4) is 22.5 Å². The number of halogens is 2. The molecule has 0 unspecified atom stereocenters. The highest BCUT2D eigenvalue weighted by atomic mass is 35.5. The van der Waals surface area contributed by atoms with Gasteiger partial charge in [-0.1, -0.05) is 109 Å². The van der Waals surface area contributed by atoms with Crippen LogP contribution in [0, 0.1) is 0 Å². The third-order valence-electron chi connectivity index (χ3n) is 5.29. The number of urea groups is 1. The van der Waals surface area contributed by atoms with Crippen LogP contribution in [0.15, 0.2) is 84.0 Å². The molecule has 0 aliphatic carbocycles. The molecule has 0 radical (unpaired) electrons. The summed E-state index contributed by atoms with van der Waals surface area (Å²) in [6.07, 6.45) is 0.985. The molecule has 0 aliphatic heterocycles. The van der Waals surface area contributed by atoms with Crippen LogP contribution in [-0.4, -0.2) is 27.9 Å². The number of carbonyl (C=O) groups is 1. The first-order chi connectivity index (χ1) is 17.1. The number of rotatable bonds is 9. The molecule has 35 heavy (non-hydrogen) atoms. The molecule has 180 valence electrons. The summed E-state index contributed by atoms with van der Waals surface area (Å²) in [5, 5.41) is 7.27. The van der Waals surface area contributed by atoms with Crippen molar-refractivity contribution < 1.29 is 4.79 Å². The number of anilines is 1. The summed E-state index contributed by atoms with van der Waals surface area (Å²) in [6, 6.07) is 25.4. The van der Waals surface area contributed by atoms with E-state index >= 15 is 0 Å². The SMILES string of the molecule is CCCn1c(SCCNC(=O)Nc2cccc(Cl)c2Cl)nc(-c2ccccc2)c1-c1ccccc1. The van der Waals surface area contributed by atoms with Gasteiger partial charge in [-0.15, -0.1) is 0 Å². The summed E-state index contributed by atoms with van der Waals surface area (Å²) in [5.74, 6) is 0.667. The Morgan fingerprint density at radius 1 is 0.943 bits per heavy atom. The molecule has 0 saturated heterocycles. The maximum absolute atomic E-state index is 12.3. The zero-order chi connectivity index (χ0) is 24.6. The number of imidazole rings is 1. The average Bonchev–Trinajstić information content (AvgIpc) is 3.24. The molecule has 0 fully saturated rings. The molecule has 4 aromatic rings. The predicted molar refractivity (Wildman–Crippen MR) is 148 cm³/mol. The summed E-state index contributed by atoms with van der Waals surface area (Å²) in [5.41, 5.74) is 4.77. The van der Waals surface area contributed by atoms with Crippen LogP contribution in [0.25, 0.3) is 22.5 Å². The smallest absolute Gasteiger partial charge is 0.319 e. The van der Waals surface area contributed by atoms with E-state index in [1.54, 1.807) is 30.0 Å². The molecule has 0 aliphatic rings. The molecule has 8 heteroatoms. The maximum atomic E-state index is 12.3. The van der Waals surface area contributed by atoms with E-state index in [2.05, 4.69) is 58.5 Å². The van der Waals surface area contributed by atoms with Gasteiger partial charge < -0.3 is 15.2 Å². The van der Waals surface area contributed by atoms with Crippen molar-refractivity contribution in [3.05, 3.63) is 88.9 Å². The van der Waals surface area contributed by atoms with Gasteiger partial charge in [-0.05, 0) is 18.6 Å². The molecule has 3 aromatic carbocycles. The quantitative estimate of drug-likeness (QED) is 0.173. The number of hydrogen-bond donors (Lipinski definition) is 2. The Kier molecular flexibility index (Phi) is 8.74. The number of benzene rings is 3. The average molecular weight is 526 g/mol. The van der Waals surface area contributed by atoms with E-state index < -0.39 is 0 Å². The van der Waals surface area contributed by atoms with Crippen molar-refractivity contribution in [2.24, 2.45) is 0 Å². The fourth-order valence-electron chi connectivity index (χ4n) is 3.73. The summed E-state index contributed by atoms with van der Waals surface area (Å²) >= 11 is 13.8. The summed E-state index contributed by atoms with van der Waals surface area (Å²) in [6.45, 7) is 3.49. The summed E-state index contributed by atoms with van der Waals surface area (Å²) < 4.78 is 2.29. The minimum atomic E-state index is -0.332. The Morgan fingerprint density at radius 3 is 2.31 bits per heavy atom. The highest BCUT2D eigenvalue weighted by Crippen LogP contribution is 2.36. The molecule has 2 N–H and O–H groups in total.